The van der Waals surface area contributed by atoms with E-state index in [1.54, 1.807) is 12.4 Å². The average Bonchev–Trinajstić information content (AvgIpc) is 2.75. The molecule has 164 valence electrons. The van der Waals surface area contributed by atoms with Gasteiger partial charge in [0.2, 0.25) is 11.8 Å². The molecule has 9 heteroatoms. The molecule has 0 amide bonds. The molecule has 2 aromatic rings. The maximum Gasteiger partial charge on any atom is 0.258 e. The van der Waals surface area contributed by atoms with Gasteiger partial charge in [-0.3, -0.25) is 0 Å². The highest BCUT2D eigenvalue weighted by Crippen LogP contribution is 2.38. The number of fused-ring (bicyclic) bond motifs is 1. The zero-order valence-electron chi connectivity index (χ0n) is 17.1. The van der Waals surface area contributed by atoms with Crippen LogP contribution in [0, 0.1) is 0 Å². The van der Waals surface area contributed by atoms with Gasteiger partial charge in [-0.15, -0.1) is 0 Å². The van der Waals surface area contributed by atoms with Crippen LogP contribution >= 0.6 is 0 Å². The van der Waals surface area contributed by atoms with E-state index >= 15 is 0 Å². The molecule has 0 unspecified atom stereocenters. The fourth-order valence-corrected chi connectivity index (χ4v) is 4.08. The fourth-order valence-electron chi connectivity index (χ4n) is 4.08. The molecule has 2 N–H and O–H groups in total. The second kappa shape index (κ2) is 9.34. The Labute approximate surface area is 174 Å². The van der Waals surface area contributed by atoms with Gasteiger partial charge in [-0.1, -0.05) is 0 Å². The second-order valence-corrected chi connectivity index (χ2v) is 8.18. The Morgan fingerprint density at radius 3 is 2.53 bits per heavy atom. The van der Waals surface area contributed by atoms with Gasteiger partial charge in [0.1, 0.15) is 6.10 Å². The van der Waals surface area contributed by atoms with Gasteiger partial charge in [-0.2, -0.15) is 0 Å². The number of halogens is 2. The van der Waals surface area contributed by atoms with E-state index in [1.165, 1.54) is 6.92 Å². The zero-order valence-corrected chi connectivity index (χ0v) is 17.1. The lowest BCUT2D eigenvalue weighted by Gasteiger charge is -2.27. The van der Waals surface area contributed by atoms with Crippen LogP contribution in [0.4, 0.5) is 14.7 Å². The number of nitrogens with zero attached hydrogens (tertiary/aromatic N) is 3. The summed E-state index contributed by atoms with van der Waals surface area (Å²) in [5.74, 6) is 0.830. The third kappa shape index (κ3) is 4.78. The molecule has 1 aliphatic carbocycles. The summed E-state index contributed by atoms with van der Waals surface area (Å²) < 4.78 is 37.5. The highest BCUT2D eigenvalue weighted by molar-refractivity contribution is 5.86. The maximum atomic E-state index is 13.0. The predicted octanol–water partition coefficient (Wildman–Crippen LogP) is 3.67. The number of anilines is 1. The Kier molecular flexibility index (Phi) is 6.58. The van der Waals surface area contributed by atoms with E-state index in [2.05, 4.69) is 20.3 Å². The lowest BCUT2D eigenvalue weighted by molar-refractivity contribution is 0.0244. The molecule has 0 spiro atoms. The summed E-state index contributed by atoms with van der Waals surface area (Å²) in [5.41, 5.74) is 1.62. The van der Waals surface area contributed by atoms with Crippen molar-refractivity contribution < 1.29 is 23.4 Å². The summed E-state index contributed by atoms with van der Waals surface area (Å²) in [7, 11) is 0. The molecular formula is C21H28F2N4O3. The molecule has 2 fully saturated rings. The highest BCUT2D eigenvalue weighted by Gasteiger charge is 2.26. The minimum absolute atomic E-state index is 0.0155. The number of alkyl halides is 2. The normalized spacial score (nSPS) is 24.2. The van der Waals surface area contributed by atoms with Crippen LogP contribution in [0.1, 0.15) is 56.9 Å². The number of aromatic nitrogens is 3. The summed E-state index contributed by atoms with van der Waals surface area (Å²) in [6.45, 7) is 2.70. The van der Waals surface area contributed by atoms with E-state index in [0.717, 1.165) is 44.1 Å². The van der Waals surface area contributed by atoms with Gasteiger partial charge in [0.25, 0.3) is 6.43 Å². The molecule has 0 radical (unpaired) electrons. The van der Waals surface area contributed by atoms with Crippen molar-refractivity contribution in [2.45, 2.75) is 76.0 Å². The number of nitrogens with one attached hydrogen (secondary N) is 1. The summed E-state index contributed by atoms with van der Waals surface area (Å²) >= 11 is 0. The summed E-state index contributed by atoms with van der Waals surface area (Å²) in [5, 5.41) is 13.2. The maximum absolute atomic E-state index is 13.0. The molecule has 0 bridgehead atoms. The number of aliphatic hydroxyl groups excluding tert-OH is 1. The number of hydrogen-bond donors (Lipinski definition) is 2. The van der Waals surface area contributed by atoms with Crippen molar-refractivity contribution in [3.8, 4) is 5.88 Å². The monoisotopic (exact) mass is 422 g/mol. The molecule has 1 saturated carbocycles. The zero-order chi connectivity index (χ0) is 21.1. The molecule has 0 aromatic carbocycles. The van der Waals surface area contributed by atoms with Gasteiger partial charge in [-0.05, 0) is 38.5 Å². The topological polar surface area (TPSA) is 89.4 Å². The lowest BCUT2D eigenvalue weighted by atomic mass is 9.83. The van der Waals surface area contributed by atoms with Gasteiger partial charge in [0.05, 0.1) is 36.3 Å². The van der Waals surface area contributed by atoms with Crippen molar-refractivity contribution in [2.24, 2.45) is 0 Å². The summed E-state index contributed by atoms with van der Waals surface area (Å²) in [6.07, 6.45) is 5.31. The standard InChI is InChI=1S/C21H28F2N4O3/c1-12(19(22)23)26-21-25-11-17-18(27-21)16(13-2-4-14(28)5-3-13)10-24-20(17)30-15-6-8-29-9-7-15/h10-15,19,28H,2-9H2,1H3,(H,25,26,27)/t12-,13?,14?/m0/s1. The molecule has 1 atom stereocenters. The first kappa shape index (κ1) is 21.1. The Morgan fingerprint density at radius 2 is 1.83 bits per heavy atom. The first-order valence-corrected chi connectivity index (χ1v) is 10.6. The van der Waals surface area contributed by atoms with Crippen molar-refractivity contribution in [3.63, 3.8) is 0 Å². The number of pyridine rings is 1. The Morgan fingerprint density at radius 1 is 1.10 bits per heavy atom. The van der Waals surface area contributed by atoms with E-state index in [0.29, 0.717) is 30.0 Å². The fraction of sp³-hybridized carbons (Fsp3) is 0.667. The van der Waals surface area contributed by atoms with Gasteiger partial charge in [0, 0.05) is 30.8 Å². The van der Waals surface area contributed by atoms with E-state index in [4.69, 9.17) is 9.47 Å². The van der Waals surface area contributed by atoms with Crippen molar-refractivity contribution >= 4 is 16.9 Å². The van der Waals surface area contributed by atoms with Crippen molar-refractivity contribution in [3.05, 3.63) is 18.0 Å². The third-order valence-electron chi connectivity index (χ3n) is 5.93. The molecule has 1 saturated heterocycles. The minimum Gasteiger partial charge on any atom is -0.474 e. The van der Waals surface area contributed by atoms with Gasteiger partial charge < -0.3 is 19.9 Å². The molecule has 2 aromatic heterocycles. The molecule has 7 nitrogen and oxygen atoms in total. The van der Waals surface area contributed by atoms with Crippen LogP contribution in [-0.2, 0) is 4.74 Å². The Bertz CT molecular complexity index is 856. The van der Waals surface area contributed by atoms with Crippen LogP contribution in [0.2, 0.25) is 0 Å². The van der Waals surface area contributed by atoms with Gasteiger partial charge >= 0.3 is 0 Å². The Hall–Kier alpha value is -2.13. The predicted molar refractivity (Wildman–Crippen MR) is 108 cm³/mol. The second-order valence-electron chi connectivity index (χ2n) is 8.18. The SMILES string of the molecule is C[C@H](Nc1ncc2c(OC3CCOCC3)ncc(C3CCC(O)CC3)c2n1)C(F)F. The average molecular weight is 422 g/mol. The smallest absolute Gasteiger partial charge is 0.258 e. The summed E-state index contributed by atoms with van der Waals surface area (Å²) in [4.78, 5) is 13.4. The van der Waals surface area contributed by atoms with Crippen molar-refractivity contribution in [1.29, 1.82) is 0 Å². The first-order chi connectivity index (χ1) is 14.5. The Balaban J connectivity index is 1.68. The molecule has 4 rings (SSSR count). The summed E-state index contributed by atoms with van der Waals surface area (Å²) in [6, 6.07) is -1.06. The molecule has 1 aliphatic heterocycles. The van der Waals surface area contributed by atoms with Crippen LogP contribution in [0.25, 0.3) is 10.9 Å². The van der Waals surface area contributed by atoms with E-state index in [9.17, 15) is 13.9 Å². The molecule has 2 aliphatic rings. The van der Waals surface area contributed by atoms with Gasteiger partial charge in [-0.25, -0.2) is 23.7 Å². The van der Waals surface area contributed by atoms with Crippen LogP contribution < -0.4 is 10.1 Å². The van der Waals surface area contributed by atoms with Crippen LogP contribution in [0.5, 0.6) is 5.88 Å². The highest BCUT2D eigenvalue weighted by atomic mass is 19.3. The third-order valence-corrected chi connectivity index (χ3v) is 5.93. The lowest BCUT2D eigenvalue weighted by Crippen LogP contribution is -2.26. The van der Waals surface area contributed by atoms with Crippen LogP contribution in [0.3, 0.4) is 0 Å². The number of hydrogen-bond acceptors (Lipinski definition) is 7. The first-order valence-electron chi connectivity index (χ1n) is 10.6. The number of aliphatic hydroxyl groups is 1. The van der Waals surface area contributed by atoms with E-state index in [-0.39, 0.29) is 24.1 Å². The number of ether oxygens (including phenoxy) is 2. The van der Waals surface area contributed by atoms with Crippen molar-refractivity contribution in [2.75, 3.05) is 18.5 Å². The van der Waals surface area contributed by atoms with E-state index in [1.807, 2.05) is 0 Å². The quantitative estimate of drug-likeness (QED) is 0.734. The van der Waals surface area contributed by atoms with Gasteiger partial charge in [0.15, 0.2) is 0 Å². The molecule has 30 heavy (non-hydrogen) atoms. The molecule has 3 heterocycles. The van der Waals surface area contributed by atoms with E-state index < -0.39 is 12.5 Å². The number of rotatable bonds is 6. The van der Waals surface area contributed by atoms with Crippen LogP contribution in [-0.4, -0.2) is 57.9 Å². The largest absolute Gasteiger partial charge is 0.474 e. The minimum atomic E-state index is -2.52. The van der Waals surface area contributed by atoms with Crippen LogP contribution in [0.15, 0.2) is 12.4 Å². The molecular weight excluding hydrogens is 394 g/mol. The van der Waals surface area contributed by atoms with Crippen molar-refractivity contribution in [1.82, 2.24) is 15.0 Å².